The van der Waals surface area contributed by atoms with Gasteiger partial charge < -0.3 is 4.52 Å². The zero-order valence-electron chi connectivity index (χ0n) is 12.2. The fourth-order valence-corrected chi connectivity index (χ4v) is 3.20. The molecule has 0 spiro atoms. The van der Waals surface area contributed by atoms with E-state index in [1.807, 2.05) is 13.8 Å². The van der Waals surface area contributed by atoms with Crippen molar-refractivity contribution in [3.8, 4) is 0 Å². The summed E-state index contributed by atoms with van der Waals surface area (Å²) in [7, 11) is 0. The maximum absolute atomic E-state index is 13.9. The van der Waals surface area contributed by atoms with E-state index in [1.165, 1.54) is 0 Å². The normalized spacial score (nSPS) is 19.3. The van der Waals surface area contributed by atoms with Gasteiger partial charge in [0.15, 0.2) is 11.6 Å². The van der Waals surface area contributed by atoms with Gasteiger partial charge in [0.05, 0.1) is 5.69 Å². The highest BCUT2D eigenvalue weighted by atomic mass is 19.2. The van der Waals surface area contributed by atoms with Crippen molar-refractivity contribution in [2.75, 3.05) is 6.54 Å². The van der Waals surface area contributed by atoms with Crippen LogP contribution in [0.15, 0.2) is 22.7 Å². The molecular weight excluding hydrogens is 274 g/mol. The molecule has 0 unspecified atom stereocenters. The second kappa shape index (κ2) is 5.56. The van der Waals surface area contributed by atoms with Gasteiger partial charge in [0.25, 0.3) is 0 Å². The molecule has 1 aromatic heterocycles. The average Bonchev–Trinajstić information content (AvgIpc) is 3.02. The molecule has 0 saturated carbocycles. The lowest BCUT2D eigenvalue weighted by Crippen LogP contribution is -2.24. The van der Waals surface area contributed by atoms with Gasteiger partial charge in [-0.05, 0) is 39.3 Å². The maximum atomic E-state index is 13.9. The standard InChI is InChI=1S/C16H18F2N2O/c1-10-15(11(2)21-19-10)14-7-4-8-20(14)9-12-5-3-6-13(17)16(12)18/h3,5-6,14H,4,7-9H2,1-2H3/t14-/m0/s1. The fourth-order valence-electron chi connectivity index (χ4n) is 3.20. The summed E-state index contributed by atoms with van der Waals surface area (Å²) in [5, 5.41) is 4.00. The lowest BCUT2D eigenvalue weighted by atomic mass is 10.0. The first kappa shape index (κ1) is 14.2. The van der Waals surface area contributed by atoms with Crippen molar-refractivity contribution < 1.29 is 13.3 Å². The number of rotatable bonds is 3. The van der Waals surface area contributed by atoms with Gasteiger partial charge in [0, 0.05) is 23.7 Å². The van der Waals surface area contributed by atoms with Gasteiger partial charge >= 0.3 is 0 Å². The first-order chi connectivity index (χ1) is 10.1. The smallest absolute Gasteiger partial charge is 0.163 e. The molecule has 0 bridgehead atoms. The molecule has 0 N–H and O–H groups in total. The SMILES string of the molecule is Cc1noc(C)c1[C@@H]1CCCN1Cc1cccc(F)c1F. The highest BCUT2D eigenvalue weighted by molar-refractivity contribution is 5.27. The van der Waals surface area contributed by atoms with E-state index < -0.39 is 11.6 Å². The third-order valence-electron chi connectivity index (χ3n) is 4.19. The van der Waals surface area contributed by atoms with Crippen LogP contribution in [-0.2, 0) is 6.54 Å². The second-order valence-corrected chi connectivity index (χ2v) is 5.58. The number of halogens is 2. The summed E-state index contributed by atoms with van der Waals surface area (Å²) in [4.78, 5) is 2.17. The Morgan fingerprint density at radius 1 is 1.33 bits per heavy atom. The second-order valence-electron chi connectivity index (χ2n) is 5.58. The molecule has 2 heterocycles. The summed E-state index contributed by atoms with van der Waals surface area (Å²) < 4.78 is 32.4. The predicted molar refractivity (Wildman–Crippen MR) is 74.7 cm³/mol. The Morgan fingerprint density at radius 2 is 2.14 bits per heavy atom. The van der Waals surface area contributed by atoms with Crippen LogP contribution in [0.2, 0.25) is 0 Å². The Labute approximate surface area is 122 Å². The number of likely N-dealkylation sites (tertiary alicyclic amines) is 1. The van der Waals surface area contributed by atoms with Crippen LogP contribution in [0.4, 0.5) is 8.78 Å². The van der Waals surface area contributed by atoms with Crippen molar-refractivity contribution >= 4 is 0 Å². The van der Waals surface area contributed by atoms with E-state index in [4.69, 9.17) is 4.52 Å². The van der Waals surface area contributed by atoms with Crippen molar-refractivity contribution in [3.05, 3.63) is 52.4 Å². The van der Waals surface area contributed by atoms with E-state index in [2.05, 4.69) is 10.1 Å². The van der Waals surface area contributed by atoms with Gasteiger partial charge in [-0.15, -0.1) is 0 Å². The number of aromatic nitrogens is 1. The predicted octanol–water partition coefficient (Wildman–Crippen LogP) is 3.91. The van der Waals surface area contributed by atoms with Crippen LogP contribution in [0, 0.1) is 25.5 Å². The molecule has 0 amide bonds. The molecule has 1 aliphatic heterocycles. The average molecular weight is 292 g/mol. The van der Waals surface area contributed by atoms with Crippen LogP contribution in [0.5, 0.6) is 0 Å². The molecule has 1 aromatic carbocycles. The summed E-state index contributed by atoms with van der Waals surface area (Å²) >= 11 is 0. The Hall–Kier alpha value is -1.75. The van der Waals surface area contributed by atoms with Gasteiger partial charge in [-0.3, -0.25) is 4.90 Å². The quantitative estimate of drug-likeness (QED) is 0.859. The molecule has 3 nitrogen and oxygen atoms in total. The molecule has 5 heteroatoms. The topological polar surface area (TPSA) is 29.3 Å². The molecule has 1 aliphatic rings. The molecule has 1 fully saturated rings. The van der Waals surface area contributed by atoms with Gasteiger partial charge in [-0.1, -0.05) is 17.3 Å². The fraction of sp³-hybridized carbons (Fsp3) is 0.438. The van der Waals surface area contributed by atoms with Gasteiger partial charge in [0.2, 0.25) is 0 Å². The molecule has 112 valence electrons. The van der Waals surface area contributed by atoms with Crippen LogP contribution >= 0.6 is 0 Å². The van der Waals surface area contributed by atoms with Crippen molar-refractivity contribution in [1.29, 1.82) is 0 Å². The summed E-state index contributed by atoms with van der Waals surface area (Å²) in [6.07, 6.45) is 2.02. The lowest BCUT2D eigenvalue weighted by Gasteiger charge is -2.24. The van der Waals surface area contributed by atoms with Gasteiger partial charge in [0.1, 0.15) is 5.76 Å². The van der Waals surface area contributed by atoms with Crippen LogP contribution in [0.3, 0.4) is 0 Å². The Morgan fingerprint density at radius 3 is 2.86 bits per heavy atom. The molecule has 3 rings (SSSR count). The van der Waals surface area contributed by atoms with E-state index >= 15 is 0 Å². The third kappa shape index (κ3) is 2.58. The minimum Gasteiger partial charge on any atom is -0.361 e. The minimum absolute atomic E-state index is 0.166. The highest BCUT2D eigenvalue weighted by Crippen LogP contribution is 2.36. The lowest BCUT2D eigenvalue weighted by molar-refractivity contribution is 0.241. The molecule has 0 radical (unpaired) electrons. The Bertz CT molecular complexity index is 634. The summed E-state index contributed by atoms with van der Waals surface area (Å²) in [5.74, 6) is -0.730. The maximum Gasteiger partial charge on any atom is 0.163 e. The van der Waals surface area contributed by atoms with Crippen molar-refractivity contribution in [2.45, 2.75) is 39.3 Å². The van der Waals surface area contributed by atoms with Crippen LogP contribution in [-0.4, -0.2) is 16.6 Å². The minimum atomic E-state index is -0.791. The molecule has 21 heavy (non-hydrogen) atoms. The van der Waals surface area contributed by atoms with Crippen LogP contribution < -0.4 is 0 Å². The van der Waals surface area contributed by atoms with Crippen LogP contribution in [0.25, 0.3) is 0 Å². The van der Waals surface area contributed by atoms with Crippen molar-refractivity contribution in [2.24, 2.45) is 0 Å². The molecule has 1 saturated heterocycles. The zero-order valence-corrected chi connectivity index (χ0v) is 12.2. The zero-order chi connectivity index (χ0) is 15.0. The molecular formula is C16H18F2N2O. The first-order valence-corrected chi connectivity index (χ1v) is 7.17. The summed E-state index contributed by atoms with van der Waals surface area (Å²) in [6, 6.07) is 4.50. The summed E-state index contributed by atoms with van der Waals surface area (Å²) in [6.45, 7) is 5.09. The molecule has 1 atom stereocenters. The van der Waals surface area contributed by atoms with E-state index in [0.29, 0.717) is 12.1 Å². The van der Waals surface area contributed by atoms with E-state index in [1.54, 1.807) is 12.1 Å². The van der Waals surface area contributed by atoms with Crippen molar-refractivity contribution in [3.63, 3.8) is 0 Å². The van der Waals surface area contributed by atoms with E-state index in [0.717, 1.165) is 42.5 Å². The third-order valence-corrected chi connectivity index (χ3v) is 4.19. The van der Waals surface area contributed by atoms with Gasteiger partial charge in [-0.2, -0.15) is 0 Å². The molecule has 0 aliphatic carbocycles. The van der Waals surface area contributed by atoms with E-state index in [-0.39, 0.29) is 6.04 Å². The number of benzene rings is 1. The summed E-state index contributed by atoms with van der Waals surface area (Å²) in [5.41, 5.74) is 2.36. The Kier molecular flexibility index (Phi) is 3.76. The number of hydrogen-bond donors (Lipinski definition) is 0. The number of aryl methyl sites for hydroxylation is 2. The largest absolute Gasteiger partial charge is 0.361 e. The monoisotopic (exact) mass is 292 g/mol. The Balaban J connectivity index is 1.87. The number of nitrogens with zero attached hydrogens (tertiary/aromatic N) is 2. The number of hydrogen-bond acceptors (Lipinski definition) is 3. The first-order valence-electron chi connectivity index (χ1n) is 7.17. The van der Waals surface area contributed by atoms with Gasteiger partial charge in [-0.25, -0.2) is 8.78 Å². The van der Waals surface area contributed by atoms with Crippen molar-refractivity contribution in [1.82, 2.24) is 10.1 Å². The molecule has 2 aromatic rings. The van der Waals surface area contributed by atoms with Crippen LogP contribution in [0.1, 0.15) is 41.5 Å². The van der Waals surface area contributed by atoms with E-state index in [9.17, 15) is 8.78 Å². The highest BCUT2D eigenvalue weighted by Gasteiger charge is 2.31.